The molecule has 0 saturated heterocycles. The molecule has 0 radical (unpaired) electrons. The lowest BCUT2D eigenvalue weighted by Gasteiger charge is -1.93. The first kappa shape index (κ1) is 5.83. The normalized spacial score (nSPS) is 8.89. The van der Waals surface area contributed by atoms with E-state index >= 15 is 0 Å². The molecule has 1 aromatic heterocycles. The summed E-state index contributed by atoms with van der Waals surface area (Å²) in [5, 5.41) is 12.2. The number of nitrogens with zero attached hydrogens (tertiary/aromatic N) is 3. The van der Waals surface area contributed by atoms with Gasteiger partial charge >= 0.3 is 0 Å². The minimum absolute atomic E-state index is 0.346. The smallest absolute Gasteiger partial charge is 0.128 e. The summed E-state index contributed by atoms with van der Waals surface area (Å²) in [5.41, 5.74) is 1.02. The highest BCUT2D eigenvalue weighted by molar-refractivity contribution is 4.97. The van der Waals surface area contributed by atoms with Crippen molar-refractivity contribution >= 4 is 0 Å². The Hall–Kier alpha value is -1.30. The summed E-state index contributed by atoms with van der Waals surface area (Å²) in [4.78, 5) is 0. The standard InChI is InChI=1S/C6H7N3/c1-6-2-4-8-9(6)5-3-7/h2,4H,5H2,1H3. The molecule has 0 atom stereocenters. The molecule has 0 spiro atoms. The van der Waals surface area contributed by atoms with Crippen LogP contribution in [0.5, 0.6) is 0 Å². The van der Waals surface area contributed by atoms with Gasteiger partial charge in [0, 0.05) is 11.9 Å². The predicted molar refractivity (Wildman–Crippen MR) is 32.6 cm³/mol. The fourth-order valence-electron chi connectivity index (χ4n) is 0.631. The maximum Gasteiger partial charge on any atom is 0.128 e. The van der Waals surface area contributed by atoms with Gasteiger partial charge in [-0.05, 0) is 13.0 Å². The molecule has 0 bridgehead atoms. The molecule has 0 aliphatic rings. The molecular weight excluding hydrogens is 114 g/mol. The van der Waals surface area contributed by atoms with Crippen LogP contribution in [0.1, 0.15) is 5.69 Å². The van der Waals surface area contributed by atoms with Crippen LogP contribution in [0.2, 0.25) is 0 Å². The SMILES string of the molecule is Cc1ccnn1CC#N. The van der Waals surface area contributed by atoms with Gasteiger partial charge in [0.25, 0.3) is 0 Å². The molecule has 0 aliphatic carbocycles. The van der Waals surface area contributed by atoms with Gasteiger partial charge in [0.2, 0.25) is 0 Å². The van der Waals surface area contributed by atoms with Gasteiger partial charge in [-0.25, -0.2) is 0 Å². The molecule has 9 heavy (non-hydrogen) atoms. The summed E-state index contributed by atoms with van der Waals surface area (Å²) in [6, 6.07) is 3.88. The third-order valence-electron chi connectivity index (χ3n) is 1.15. The van der Waals surface area contributed by atoms with Crippen molar-refractivity contribution in [1.29, 1.82) is 5.26 Å². The summed E-state index contributed by atoms with van der Waals surface area (Å²) >= 11 is 0. The van der Waals surface area contributed by atoms with E-state index < -0.39 is 0 Å². The fraction of sp³-hybridized carbons (Fsp3) is 0.333. The molecule has 0 fully saturated rings. The van der Waals surface area contributed by atoms with Gasteiger partial charge < -0.3 is 0 Å². The molecule has 0 aromatic carbocycles. The average Bonchev–Trinajstić information content (AvgIpc) is 2.18. The number of rotatable bonds is 1. The summed E-state index contributed by atoms with van der Waals surface area (Å²) in [7, 11) is 0. The van der Waals surface area contributed by atoms with E-state index in [2.05, 4.69) is 5.10 Å². The van der Waals surface area contributed by atoms with Crippen molar-refractivity contribution in [1.82, 2.24) is 9.78 Å². The maximum absolute atomic E-state index is 8.25. The van der Waals surface area contributed by atoms with Crippen molar-refractivity contribution in [3.8, 4) is 6.07 Å². The van der Waals surface area contributed by atoms with E-state index in [4.69, 9.17) is 5.26 Å². The molecule has 46 valence electrons. The lowest BCUT2D eigenvalue weighted by molar-refractivity contribution is 0.686. The van der Waals surface area contributed by atoms with E-state index in [0.29, 0.717) is 6.54 Å². The second-order valence-corrected chi connectivity index (χ2v) is 1.79. The van der Waals surface area contributed by atoms with Crippen LogP contribution in [0.15, 0.2) is 12.3 Å². The Labute approximate surface area is 53.5 Å². The molecule has 0 saturated carbocycles. The van der Waals surface area contributed by atoms with Gasteiger partial charge in [-0.2, -0.15) is 10.4 Å². The van der Waals surface area contributed by atoms with E-state index in [1.54, 1.807) is 10.9 Å². The fourth-order valence-corrected chi connectivity index (χ4v) is 0.631. The van der Waals surface area contributed by atoms with Gasteiger partial charge in [0.05, 0.1) is 6.07 Å². The van der Waals surface area contributed by atoms with Crippen LogP contribution in [0.3, 0.4) is 0 Å². The first-order valence-electron chi connectivity index (χ1n) is 2.70. The highest BCUT2D eigenvalue weighted by atomic mass is 15.3. The van der Waals surface area contributed by atoms with Crippen LogP contribution >= 0.6 is 0 Å². The summed E-state index contributed by atoms with van der Waals surface area (Å²) in [6.45, 7) is 2.27. The van der Waals surface area contributed by atoms with Gasteiger partial charge in [0.15, 0.2) is 0 Å². The summed E-state index contributed by atoms with van der Waals surface area (Å²) in [5.74, 6) is 0. The Morgan fingerprint density at radius 3 is 3.11 bits per heavy atom. The van der Waals surface area contributed by atoms with E-state index in [9.17, 15) is 0 Å². The third-order valence-corrected chi connectivity index (χ3v) is 1.15. The predicted octanol–water partition coefficient (Wildman–Crippen LogP) is 0.715. The van der Waals surface area contributed by atoms with Crippen molar-refractivity contribution in [2.45, 2.75) is 13.5 Å². The average molecular weight is 121 g/mol. The zero-order chi connectivity index (χ0) is 6.69. The van der Waals surface area contributed by atoms with Gasteiger partial charge in [-0.15, -0.1) is 0 Å². The van der Waals surface area contributed by atoms with E-state index in [1.807, 2.05) is 19.1 Å². The number of aromatic nitrogens is 2. The third kappa shape index (κ3) is 1.08. The van der Waals surface area contributed by atoms with Gasteiger partial charge in [-0.1, -0.05) is 0 Å². The zero-order valence-electron chi connectivity index (χ0n) is 5.20. The number of hydrogen-bond acceptors (Lipinski definition) is 2. The molecule has 0 aliphatic heterocycles. The molecular formula is C6H7N3. The van der Waals surface area contributed by atoms with E-state index in [-0.39, 0.29) is 0 Å². The van der Waals surface area contributed by atoms with Crippen molar-refractivity contribution in [2.75, 3.05) is 0 Å². The largest absolute Gasteiger partial charge is 0.256 e. The van der Waals surface area contributed by atoms with Crippen molar-refractivity contribution < 1.29 is 0 Å². The van der Waals surface area contributed by atoms with Crippen molar-refractivity contribution in [2.24, 2.45) is 0 Å². The highest BCUT2D eigenvalue weighted by Gasteiger charge is 1.91. The first-order valence-corrected chi connectivity index (χ1v) is 2.70. The van der Waals surface area contributed by atoms with Crippen LogP contribution < -0.4 is 0 Å². The van der Waals surface area contributed by atoms with Crippen molar-refractivity contribution in [3.63, 3.8) is 0 Å². The molecule has 1 aromatic rings. The van der Waals surface area contributed by atoms with Crippen LogP contribution in [0.25, 0.3) is 0 Å². The monoisotopic (exact) mass is 121 g/mol. The molecule has 1 heterocycles. The molecule has 0 N–H and O–H groups in total. The Bertz CT molecular complexity index is 231. The Morgan fingerprint density at radius 2 is 2.67 bits per heavy atom. The van der Waals surface area contributed by atoms with E-state index in [1.165, 1.54) is 0 Å². The Kier molecular flexibility index (Phi) is 1.50. The van der Waals surface area contributed by atoms with Gasteiger partial charge in [-0.3, -0.25) is 4.68 Å². The second kappa shape index (κ2) is 2.31. The Morgan fingerprint density at radius 1 is 1.89 bits per heavy atom. The first-order chi connectivity index (χ1) is 4.34. The number of aryl methyl sites for hydroxylation is 1. The van der Waals surface area contributed by atoms with Crippen LogP contribution in [-0.2, 0) is 6.54 Å². The highest BCUT2D eigenvalue weighted by Crippen LogP contribution is 1.93. The number of hydrogen-bond donors (Lipinski definition) is 0. The molecule has 3 nitrogen and oxygen atoms in total. The van der Waals surface area contributed by atoms with Crippen LogP contribution in [0, 0.1) is 18.3 Å². The van der Waals surface area contributed by atoms with Gasteiger partial charge in [0.1, 0.15) is 6.54 Å². The maximum atomic E-state index is 8.25. The quantitative estimate of drug-likeness (QED) is 0.549. The van der Waals surface area contributed by atoms with Crippen molar-refractivity contribution in [3.05, 3.63) is 18.0 Å². The lowest BCUT2D eigenvalue weighted by Crippen LogP contribution is -1.98. The van der Waals surface area contributed by atoms with Crippen LogP contribution in [-0.4, -0.2) is 9.78 Å². The molecule has 1 rings (SSSR count). The summed E-state index contributed by atoms with van der Waals surface area (Å²) < 4.78 is 1.65. The Balaban J connectivity index is 2.84. The summed E-state index contributed by atoms with van der Waals surface area (Å²) in [6.07, 6.45) is 1.69. The minimum Gasteiger partial charge on any atom is -0.256 e. The molecule has 0 amide bonds. The zero-order valence-corrected chi connectivity index (χ0v) is 5.20. The lowest BCUT2D eigenvalue weighted by atomic mass is 10.5. The van der Waals surface area contributed by atoms with Crippen LogP contribution in [0.4, 0.5) is 0 Å². The molecule has 0 unspecified atom stereocenters. The topological polar surface area (TPSA) is 41.6 Å². The number of nitriles is 1. The minimum atomic E-state index is 0.346. The molecule has 3 heteroatoms. The van der Waals surface area contributed by atoms with E-state index in [0.717, 1.165) is 5.69 Å². The second-order valence-electron chi connectivity index (χ2n) is 1.79.